The van der Waals surface area contributed by atoms with Gasteiger partial charge in [-0.2, -0.15) is 13.2 Å². The highest BCUT2D eigenvalue weighted by atomic mass is 19.4. The lowest BCUT2D eigenvalue weighted by atomic mass is 9.90. The van der Waals surface area contributed by atoms with Crippen LogP contribution >= 0.6 is 0 Å². The van der Waals surface area contributed by atoms with Gasteiger partial charge in [0.05, 0.1) is 36.8 Å². The van der Waals surface area contributed by atoms with E-state index >= 15 is 0 Å². The largest absolute Gasteiger partial charge is 0.401 e. The van der Waals surface area contributed by atoms with Crippen LogP contribution < -0.4 is 5.32 Å². The molecule has 0 amide bonds. The minimum atomic E-state index is -4.44. The van der Waals surface area contributed by atoms with Crippen LogP contribution in [0.3, 0.4) is 0 Å². The number of fused-ring (bicyclic) bond motifs is 3. The van der Waals surface area contributed by atoms with Crippen LogP contribution in [0, 0.1) is 11.6 Å². The second kappa shape index (κ2) is 10.2. The van der Waals surface area contributed by atoms with Gasteiger partial charge in [0.25, 0.3) is 0 Å². The predicted octanol–water partition coefficient (Wildman–Crippen LogP) is 5.59. The topological polar surface area (TPSA) is 47.2 Å². The summed E-state index contributed by atoms with van der Waals surface area (Å²) in [5.74, 6) is -2.02. The van der Waals surface area contributed by atoms with Crippen molar-refractivity contribution in [1.29, 1.82) is 0 Å². The molecule has 0 saturated carbocycles. The molecule has 2 aliphatic heterocycles. The molecule has 200 valence electrons. The minimum absolute atomic E-state index is 0.175. The highest BCUT2D eigenvalue weighted by Crippen LogP contribution is 2.42. The van der Waals surface area contributed by atoms with Crippen LogP contribution in [-0.2, 0) is 6.42 Å². The third-order valence-corrected chi connectivity index (χ3v) is 7.33. The Morgan fingerprint density at radius 2 is 1.95 bits per heavy atom. The zero-order chi connectivity index (χ0) is 26.3. The first kappa shape index (κ1) is 25.8. The molecule has 0 bridgehead atoms. The normalized spacial score (nSPS) is 23.1. The number of aromatic nitrogens is 2. The van der Waals surface area contributed by atoms with Crippen LogP contribution in [0.1, 0.15) is 42.8 Å². The Labute approximate surface area is 210 Å². The molecular weight excluding hydrogens is 496 g/mol. The predicted molar refractivity (Wildman–Crippen MR) is 129 cm³/mol. The molecule has 0 radical (unpaired) electrons. The van der Waals surface area contributed by atoms with Gasteiger partial charge < -0.3 is 15.2 Å². The molecular formula is C26H29F6N5. The lowest BCUT2D eigenvalue weighted by Gasteiger charge is -2.40. The average molecular weight is 526 g/mol. The number of anilines is 1. The van der Waals surface area contributed by atoms with Crippen LogP contribution in [-0.4, -0.2) is 70.9 Å². The minimum Gasteiger partial charge on any atom is -0.380 e. The number of rotatable bonds is 7. The quantitative estimate of drug-likeness (QED) is 0.395. The van der Waals surface area contributed by atoms with E-state index in [2.05, 4.69) is 20.2 Å². The summed E-state index contributed by atoms with van der Waals surface area (Å²) in [6.07, 6.45) is -1.17. The maximum atomic E-state index is 14.0. The summed E-state index contributed by atoms with van der Waals surface area (Å²) in [6.45, 7) is 2.58. The summed E-state index contributed by atoms with van der Waals surface area (Å²) >= 11 is 0. The van der Waals surface area contributed by atoms with Gasteiger partial charge in [0.2, 0.25) is 0 Å². The first-order valence-electron chi connectivity index (χ1n) is 12.5. The highest BCUT2D eigenvalue weighted by Gasteiger charge is 2.42. The molecule has 1 aromatic carbocycles. The van der Waals surface area contributed by atoms with Crippen molar-refractivity contribution in [3.63, 3.8) is 0 Å². The van der Waals surface area contributed by atoms with Crippen LogP contribution in [0.2, 0.25) is 0 Å². The fraction of sp³-hybridized carbons (Fsp3) is 0.500. The van der Waals surface area contributed by atoms with Crippen LogP contribution in [0.15, 0.2) is 30.5 Å². The molecule has 2 N–H and O–H groups in total. The van der Waals surface area contributed by atoms with E-state index in [-0.39, 0.29) is 19.1 Å². The fourth-order valence-corrected chi connectivity index (χ4v) is 5.65. The molecule has 37 heavy (non-hydrogen) atoms. The van der Waals surface area contributed by atoms with Crippen molar-refractivity contribution in [3.05, 3.63) is 59.0 Å². The number of hydrogen-bond acceptors (Lipinski definition) is 4. The number of nitrogens with one attached hydrogen (secondary N) is 2. The summed E-state index contributed by atoms with van der Waals surface area (Å²) in [5.41, 5.74) is 2.63. The molecule has 1 fully saturated rings. The summed E-state index contributed by atoms with van der Waals surface area (Å²) in [6, 6.07) is 4.42. The Morgan fingerprint density at radius 3 is 2.65 bits per heavy atom. The Kier molecular flexibility index (Phi) is 7.10. The molecule has 2 aliphatic rings. The molecule has 0 aliphatic carbocycles. The monoisotopic (exact) mass is 525 g/mol. The van der Waals surface area contributed by atoms with Crippen molar-refractivity contribution in [2.75, 3.05) is 38.2 Å². The summed E-state index contributed by atoms with van der Waals surface area (Å²) < 4.78 is 81.1. The van der Waals surface area contributed by atoms with Gasteiger partial charge in [0, 0.05) is 54.4 Å². The number of halogens is 6. The number of nitrogens with zero attached hydrogens (tertiary/aromatic N) is 3. The second-order valence-electron chi connectivity index (χ2n) is 10.0. The van der Waals surface area contributed by atoms with Gasteiger partial charge >= 0.3 is 6.18 Å². The van der Waals surface area contributed by atoms with E-state index in [1.165, 1.54) is 4.90 Å². The maximum absolute atomic E-state index is 14.0. The smallest absolute Gasteiger partial charge is 0.380 e. The number of H-pyrrole nitrogens is 1. The van der Waals surface area contributed by atoms with Crippen LogP contribution in [0.4, 0.5) is 32.0 Å². The molecule has 4 heterocycles. The number of benzene rings is 1. The van der Waals surface area contributed by atoms with E-state index in [0.717, 1.165) is 37.3 Å². The van der Waals surface area contributed by atoms with E-state index in [1.54, 1.807) is 25.3 Å². The maximum Gasteiger partial charge on any atom is 0.401 e. The number of alkyl halides is 4. The molecule has 3 atom stereocenters. The number of likely N-dealkylation sites (tertiary alicyclic amines) is 1. The van der Waals surface area contributed by atoms with Gasteiger partial charge in [0.1, 0.15) is 0 Å². The van der Waals surface area contributed by atoms with E-state index in [4.69, 9.17) is 0 Å². The third kappa shape index (κ3) is 5.43. The van der Waals surface area contributed by atoms with Gasteiger partial charge in [-0.3, -0.25) is 14.3 Å². The molecule has 5 nitrogen and oxygen atoms in total. The summed E-state index contributed by atoms with van der Waals surface area (Å²) in [4.78, 5) is 11.1. The van der Waals surface area contributed by atoms with Gasteiger partial charge in [-0.05, 0) is 49.9 Å². The number of aromatic amines is 1. The summed E-state index contributed by atoms with van der Waals surface area (Å²) in [5, 5.41) is 3.87. The fourth-order valence-electron chi connectivity index (χ4n) is 5.65. The molecule has 0 spiro atoms. The zero-order valence-electron chi connectivity index (χ0n) is 20.4. The third-order valence-electron chi connectivity index (χ3n) is 7.33. The van der Waals surface area contributed by atoms with Gasteiger partial charge in [-0.25, -0.2) is 8.78 Å². The molecule has 2 aromatic heterocycles. The Hall–Kier alpha value is -2.79. The molecule has 5 rings (SSSR count). The van der Waals surface area contributed by atoms with E-state index in [0.29, 0.717) is 40.8 Å². The van der Waals surface area contributed by atoms with Crippen molar-refractivity contribution in [1.82, 2.24) is 19.8 Å². The standard InChI is InChI=1S/C26H29F6N5/c1-15-9-19-18-10-20(28)21(29)11-23(18)35-24(19)25(37(15)14-26(30,31)32)22-4-3-16(12-33-22)34-17-5-8-36(13-17)7-2-6-27/h3-4,10-12,15,17,25,34-35H,2,5-9,13-14H2,1H3/t15-,17+,25-/m1/s1. The molecule has 0 unspecified atom stereocenters. The summed E-state index contributed by atoms with van der Waals surface area (Å²) in [7, 11) is 0. The Morgan fingerprint density at radius 1 is 1.16 bits per heavy atom. The SMILES string of the molecule is C[C@@H]1Cc2c([nH]c3cc(F)c(F)cc23)[C@@H](c2ccc(N[C@H]3CCN(CCCF)C3)cn2)N1CC(F)(F)F. The van der Waals surface area contributed by atoms with Gasteiger partial charge in [-0.1, -0.05) is 0 Å². The van der Waals surface area contributed by atoms with Crippen LogP contribution in [0.25, 0.3) is 10.9 Å². The van der Waals surface area contributed by atoms with Crippen molar-refractivity contribution >= 4 is 16.6 Å². The van der Waals surface area contributed by atoms with Crippen molar-refractivity contribution < 1.29 is 26.3 Å². The average Bonchev–Trinajstić information content (AvgIpc) is 3.42. The highest BCUT2D eigenvalue weighted by molar-refractivity contribution is 5.85. The Balaban J connectivity index is 1.45. The number of pyridine rings is 1. The molecule has 3 aromatic rings. The Bertz CT molecular complexity index is 1240. The van der Waals surface area contributed by atoms with E-state index in [9.17, 15) is 26.3 Å². The van der Waals surface area contributed by atoms with Crippen molar-refractivity contribution in [2.45, 2.75) is 50.5 Å². The van der Waals surface area contributed by atoms with E-state index < -0.39 is 36.4 Å². The number of hydrogen-bond donors (Lipinski definition) is 2. The van der Waals surface area contributed by atoms with Gasteiger partial charge in [0.15, 0.2) is 11.6 Å². The molecule has 1 saturated heterocycles. The van der Waals surface area contributed by atoms with E-state index in [1.807, 2.05) is 0 Å². The first-order chi connectivity index (χ1) is 17.6. The van der Waals surface area contributed by atoms with Crippen LogP contribution in [0.5, 0.6) is 0 Å². The first-order valence-corrected chi connectivity index (χ1v) is 12.5. The van der Waals surface area contributed by atoms with Crippen molar-refractivity contribution in [2.24, 2.45) is 0 Å². The second-order valence-corrected chi connectivity index (χ2v) is 10.0. The van der Waals surface area contributed by atoms with Crippen molar-refractivity contribution in [3.8, 4) is 0 Å². The lowest BCUT2D eigenvalue weighted by Crippen LogP contribution is -2.47. The lowest BCUT2D eigenvalue weighted by molar-refractivity contribution is -0.155. The molecule has 11 heteroatoms. The zero-order valence-corrected chi connectivity index (χ0v) is 20.4. The van der Waals surface area contributed by atoms with Gasteiger partial charge in [-0.15, -0.1) is 0 Å².